The van der Waals surface area contributed by atoms with Crippen molar-refractivity contribution < 1.29 is 14.3 Å². The second kappa shape index (κ2) is 9.11. The molecule has 0 aromatic heterocycles. The van der Waals surface area contributed by atoms with Gasteiger partial charge in [0.15, 0.2) is 0 Å². The van der Waals surface area contributed by atoms with Gasteiger partial charge in [0.1, 0.15) is 11.3 Å². The number of nitrogens with two attached hydrogens (primary N) is 1. The van der Waals surface area contributed by atoms with Crippen LogP contribution in [0.15, 0.2) is 42.5 Å². The molecule has 0 atom stereocenters. The number of nitrogen functional groups attached to an aromatic ring is 1. The van der Waals surface area contributed by atoms with E-state index >= 15 is 0 Å². The third kappa shape index (κ3) is 5.15. The molecule has 0 unspecified atom stereocenters. The second-order valence-corrected chi connectivity index (χ2v) is 7.28. The summed E-state index contributed by atoms with van der Waals surface area (Å²) in [5.41, 5.74) is 7.76. The highest BCUT2D eigenvalue weighted by molar-refractivity contribution is 6.33. The lowest BCUT2D eigenvalue weighted by Crippen LogP contribution is -2.35. The summed E-state index contributed by atoms with van der Waals surface area (Å²) in [5.74, 6) is 0.316. The van der Waals surface area contributed by atoms with Gasteiger partial charge in [0.2, 0.25) is 0 Å². The van der Waals surface area contributed by atoms with E-state index in [-0.39, 0.29) is 0 Å². The van der Waals surface area contributed by atoms with E-state index in [0.29, 0.717) is 34.5 Å². The number of likely N-dealkylation sites (tertiary alicyclic amines) is 1. The summed E-state index contributed by atoms with van der Waals surface area (Å²) < 4.78 is 10.7. The van der Waals surface area contributed by atoms with Gasteiger partial charge in [-0.3, -0.25) is 4.90 Å². The Labute approximate surface area is 165 Å². The summed E-state index contributed by atoms with van der Waals surface area (Å²) in [6.45, 7) is 3.39. The smallest absolute Gasteiger partial charge is 0.341 e. The average Bonchev–Trinajstić information content (AvgIpc) is 2.69. The largest absolute Gasteiger partial charge is 0.496 e. The van der Waals surface area contributed by atoms with E-state index in [0.717, 1.165) is 32.5 Å². The van der Waals surface area contributed by atoms with Crippen LogP contribution in [0, 0.1) is 5.92 Å². The van der Waals surface area contributed by atoms with E-state index < -0.39 is 5.97 Å². The number of ether oxygens (including phenoxy) is 2. The number of rotatable bonds is 6. The molecule has 0 aliphatic carbocycles. The van der Waals surface area contributed by atoms with Crippen LogP contribution in [0.25, 0.3) is 0 Å². The molecule has 144 valence electrons. The number of methoxy groups -OCH3 is 1. The molecule has 1 saturated heterocycles. The standard InChI is InChI=1S/C21H25ClN2O3/c1-26-20-12-19(23)18(22)11-17(20)21(25)27-14-16-7-9-24(10-8-16)13-15-5-3-2-4-6-15/h2-6,11-12,16H,7-10,13-14,23H2,1H3. The third-order valence-electron chi connectivity index (χ3n) is 4.95. The first-order valence-corrected chi connectivity index (χ1v) is 9.51. The van der Waals surface area contributed by atoms with Gasteiger partial charge >= 0.3 is 5.97 Å². The van der Waals surface area contributed by atoms with Gasteiger partial charge < -0.3 is 15.2 Å². The van der Waals surface area contributed by atoms with Crippen molar-refractivity contribution in [2.24, 2.45) is 5.92 Å². The summed E-state index contributed by atoms with van der Waals surface area (Å²) in [4.78, 5) is 14.9. The maximum atomic E-state index is 12.4. The van der Waals surface area contributed by atoms with Gasteiger partial charge in [0.25, 0.3) is 0 Å². The highest BCUT2D eigenvalue weighted by Crippen LogP contribution is 2.29. The summed E-state index contributed by atoms with van der Waals surface area (Å²) in [5, 5.41) is 0.317. The first-order chi connectivity index (χ1) is 13.1. The Morgan fingerprint density at radius 3 is 2.59 bits per heavy atom. The average molecular weight is 389 g/mol. The molecule has 1 fully saturated rings. The molecule has 1 aliphatic heterocycles. The molecule has 27 heavy (non-hydrogen) atoms. The zero-order valence-electron chi connectivity index (χ0n) is 15.5. The Bertz CT molecular complexity index is 774. The lowest BCUT2D eigenvalue weighted by molar-refractivity contribution is 0.0365. The molecule has 0 saturated carbocycles. The number of carbonyl (C=O) groups excluding carboxylic acids is 1. The normalized spacial score (nSPS) is 15.5. The first-order valence-electron chi connectivity index (χ1n) is 9.13. The first kappa shape index (κ1) is 19.5. The van der Waals surface area contributed by atoms with E-state index in [1.54, 1.807) is 6.07 Å². The fourth-order valence-electron chi connectivity index (χ4n) is 3.32. The van der Waals surface area contributed by atoms with Crippen molar-refractivity contribution in [3.63, 3.8) is 0 Å². The molecule has 3 rings (SSSR count). The van der Waals surface area contributed by atoms with Crippen molar-refractivity contribution in [3.8, 4) is 5.75 Å². The van der Waals surface area contributed by atoms with Gasteiger partial charge in [-0.1, -0.05) is 41.9 Å². The van der Waals surface area contributed by atoms with Crippen molar-refractivity contribution in [3.05, 3.63) is 58.6 Å². The van der Waals surface area contributed by atoms with E-state index in [4.69, 9.17) is 26.8 Å². The Balaban J connectivity index is 1.49. The SMILES string of the molecule is COc1cc(N)c(Cl)cc1C(=O)OCC1CCN(Cc2ccccc2)CC1. The number of anilines is 1. The number of nitrogens with zero attached hydrogens (tertiary/aromatic N) is 1. The molecule has 2 aromatic rings. The third-order valence-corrected chi connectivity index (χ3v) is 5.27. The molecule has 0 spiro atoms. The molecule has 2 aromatic carbocycles. The van der Waals surface area contributed by atoms with Gasteiger partial charge in [-0.2, -0.15) is 0 Å². The van der Waals surface area contributed by atoms with Crippen LogP contribution in [0.1, 0.15) is 28.8 Å². The van der Waals surface area contributed by atoms with Crippen LogP contribution >= 0.6 is 11.6 Å². The fraction of sp³-hybridized carbons (Fsp3) is 0.381. The molecule has 0 radical (unpaired) electrons. The van der Waals surface area contributed by atoms with Crippen LogP contribution in [0.3, 0.4) is 0 Å². The topological polar surface area (TPSA) is 64.8 Å². The van der Waals surface area contributed by atoms with Gasteiger partial charge in [-0.25, -0.2) is 4.79 Å². The zero-order valence-corrected chi connectivity index (χ0v) is 16.2. The Morgan fingerprint density at radius 2 is 1.93 bits per heavy atom. The van der Waals surface area contributed by atoms with Crippen molar-refractivity contribution in [2.75, 3.05) is 32.5 Å². The molecule has 0 amide bonds. The Morgan fingerprint density at radius 1 is 1.22 bits per heavy atom. The summed E-state index contributed by atoms with van der Waals surface area (Å²) in [6, 6.07) is 13.5. The van der Waals surface area contributed by atoms with Gasteiger partial charge in [0.05, 0.1) is 24.4 Å². The van der Waals surface area contributed by atoms with Crippen LogP contribution in [0.2, 0.25) is 5.02 Å². The highest BCUT2D eigenvalue weighted by Gasteiger charge is 2.22. The van der Waals surface area contributed by atoms with Crippen LogP contribution in [0.4, 0.5) is 5.69 Å². The van der Waals surface area contributed by atoms with E-state index in [1.165, 1.54) is 18.7 Å². The predicted octanol–water partition coefficient (Wildman–Crippen LogP) is 4.00. The summed E-state index contributed by atoms with van der Waals surface area (Å²) in [6.07, 6.45) is 2.03. The van der Waals surface area contributed by atoms with Crippen LogP contribution < -0.4 is 10.5 Å². The number of piperidine rings is 1. The fourth-order valence-corrected chi connectivity index (χ4v) is 3.49. The van der Waals surface area contributed by atoms with Gasteiger partial charge in [0, 0.05) is 12.6 Å². The molecule has 0 bridgehead atoms. The molecule has 1 aliphatic rings. The monoisotopic (exact) mass is 388 g/mol. The van der Waals surface area contributed by atoms with Crippen molar-refractivity contribution in [2.45, 2.75) is 19.4 Å². The lowest BCUT2D eigenvalue weighted by atomic mass is 9.97. The van der Waals surface area contributed by atoms with Crippen molar-refractivity contribution >= 4 is 23.3 Å². The number of esters is 1. The van der Waals surface area contributed by atoms with E-state index in [9.17, 15) is 4.79 Å². The lowest BCUT2D eigenvalue weighted by Gasteiger charge is -2.31. The number of hydrogen-bond acceptors (Lipinski definition) is 5. The van der Waals surface area contributed by atoms with Crippen molar-refractivity contribution in [1.82, 2.24) is 4.90 Å². The minimum absolute atomic E-state index is 0.304. The molecular weight excluding hydrogens is 364 g/mol. The molecule has 5 nitrogen and oxygen atoms in total. The summed E-state index contributed by atoms with van der Waals surface area (Å²) >= 11 is 6.02. The van der Waals surface area contributed by atoms with Crippen LogP contribution in [-0.2, 0) is 11.3 Å². The minimum atomic E-state index is -0.430. The van der Waals surface area contributed by atoms with Crippen LogP contribution in [0.5, 0.6) is 5.75 Å². The summed E-state index contributed by atoms with van der Waals surface area (Å²) in [7, 11) is 1.49. The van der Waals surface area contributed by atoms with Gasteiger partial charge in [-0.05, 0) is 43.5 Å². The molecule has 2 N–H and O–H groups in total. The maximum absolute atomic E-state index is 12.4. The predicted molar refractivity (Wildman–Crippen MR) is 107 cm³/mol. The quantitative estimate of drug-likeness (QED) is 0.598. The number of benzene rings is 2. The van der Waals surface area contributed by atoms with Crippen molar-refractivity contribution in [1.29, 1.82) is 0 Å². The zero-order chi connectivity index (χ0) is 19.2. The minimum Gasteiger partial charge on any atom is -0.496 e. The molecule has 6 heteroatoms. The van der Waals surface area contributed by atoms with Gasteiger partial charge in [-0.15, -0.1) is 0 Å². The van der Waals surface area contributed by atoms with E-state index in [2.05, 4.69) is 29.2 Å². The Hall–Kier alpha value is -2.24. The maximum Gasteiger partial charge on any atom is 0.341 e. The molecular formula is C21H25ClN2O3. The number of hydrogen-bond donors (Lipinski definition) is 1. The number of halogens is 1. The highest BCUT2D eigenvalue weighted by atomic mass is 35.5. The number of carbonyl (C=O) groups is 1. The van der Waals surface area contributed by atoms with Crippen LogP contribution in [-0.4, -0.2) is 37.7 Å². The van der Waals surface area contributed by atoms with E-state index in [1.807, 2.05) is 6.07 Å². The molecule has 1 heterocycles. The Kier molecular flexibility index (Phi) is 6.58. The second-order valence-electron chi connectivity index (χ2n) is 6.88.